The summed E-state index contributed by atoms with van der Waals surface area (Å²) in [4.78, 5) is 4.01. The monoisotopic (exact) mass is 297 g/mol. The lowest BCUT2D eigenvalue weighted by Crippen LogP contribution is -2.29. The summed E-state index contributed by atoms with van der Waals surface area (Å²) in [6.45, 7) is 1.87. The second-order valence-corrected chi connectivity index (χ2v) is 4.45. The summed E-state index contributed by atoms with van der Waals surface area (Å²) in [5.74, 6) is 5.25. The first kappa shape index (κ1) is 15.3. The number of alkyl halides is 3. The zero-order valence-electron chi connectivity index (χ0n) is 11.2. The molecule has 0 aliphatic rings. The number of pyridine rings is 1. The van der Waals surface area contributed by atoms with Gasteiger partial charge in [-0.25, -0.2) is 5.43 Å². The molecule has 0 aliphatic carbocycles. The van der Waals surface area contributed by atoms with E-state index in [0.717, 1.165) is 11.1 Å². The van der Waals surface area contributed by atoms with Crippen molar-refractivity contribution in [3.05, 3.63) is 59.4 Å². The van der Waals surface area contributed by atoms with Gasteiger partial charge in [-0.05, 0) is 41.8 Å². The third kappa shape index (κ3) is 3.93. The van der Waals surface area contributed by atoms with E-state index in [-0.39, 0.29) is 5.75 Å². The van der Waals surface area contributed by atoms with E-state index in [1.54, 1.807) is 24.5 Å². The summed E-state index contributed by atoms with van der Waals surface area (Å²) in [5.41, 5.74) is 4.85. The van der Waals surface area contributed by atoms with Crippen molar-refractivity contribution >= 4 is 0 Å². The molecule has 2 rings (SSSR count). The fourth-order valence-electron chi connectivity index (χ4n) is 2.04. The van der Waals surface area contributed by atoms with Crippen LogP contribution in [0.3, 0.4) is 0 Å². The number of nitrogens with two attached hydrogens (primary N) is 1. The summed E-state index contributed by atoms with van der Waals surface area (Å²) in [7, 11) is 0. The molecule has 3 N–H and O–H groups in total. The number of hydrogen-bond donors (Lipinski definition) is 2. The Kier molecular flexibility index (Phi) is 4.44. The first-order valence-electron chi connectivity index (χ1n) is 6.13. The molecule has 0 saturated heterocycles. The largest absolute Gasteiger partial charge is 0.573 e. The number of halogens is 3. The molecule has 0 amide bonds. The summed E-state index contributed by atoms with van der Waals surface area (Å²) in [6, 6.07) is 7.00. The second kappa shape index (κ2) is 6.11. The number of ether oxygens (including phenoxy) is 1. The van der Waals surface area contributed by atoms with Gasteiger partial charge in [0.1, 0.15) is 5.75 Å². The van der Waals surface area contributed by atoms with Crippen molar-refractivity contribution in [2.24, 2.45) is 5.84 Å². The molecule has 1 aromatic heterocycles. The van der Waals surface area contributed by atoms with Gasteiger partial charge in [-0.15, -0.1) is 13.2 Å². The van der Waals surface area contributed by atoms with E-state index < -0.39 is 12.4 Å². The molecule has 0 bridgehead atoms. The van der Waals surface area contributed by atoms with E-state index in [0.29, 0.717) is 5.56 Å². The minimum Gasteiger partial charge on any atom is -0.406 e. The van der Waals surface area contributed by atoms with Crippen molar-refractivity contribution in [1.82, 2.24) is 10.4 Å². The van der Waals surface area contributed by atoms with Gasteiger partial charge in [-0.1, -0.05) is 12.1 Å². The molecule has 4 nitrogen and oxygen atoms in total. The van der Waals surface area contributed by atoms with Gasteiger partial charge in [0.25, 0.3) is 0 Å². The predicted molar refractivity (Wildman–Crippen MR) is 71.3 cm³/mol. The SMILES string of the molecule is Cc1ccncc1C(NN)c1cccc(OC(F)(F)F)c1. The van der Waals surface area contributed by atoms with E-state index in [2.05, 4.69) is 15.1 Å². The van der Waals surface area contributed by atoms with E-state index in [1.807, 2.05) is 6.92 Å². The number of aryl methyl sites for hydroxylation is 1. The van der Waals surface area contributed by atoms with Crippen molar-refractivity contribution in [3.8, 4) is 5.75 Å². The highest BCUT2D eigenvalue weighted by Gasteiger charge is 2.31. The normalized spacial score (nSPS) is 13.0. The van der Waals surface area contributed by atoms with E-state index in [4.69, 9.17) is 5.84 Å². The first-order chi connectivity index (χ1) is 9.90. The average Bonchev–Trinajstić information content (AvgIpc) is 2.40. The minimum atomic E-state index is -4.73. The number of aromatic nitrogens is 1. The molecule has 0 radical (unpaired) electrons. The topological polar surface area (TPSA) is 60.2 Å². The summed E-state index contributed by atoms with van der Waals surface area (Å²) in [5, 5.41) is 0. The molecule has 7 heteroatoms. The van der Waals surface area contributed by atoms with E-state index >= 15 is 0 Å². The Morgan fingerprint density at radius 2 is 2.05 bits per heavy atom. The van der Waals surface area contributed by atoms with Crippen LogP contribution in [0.15, 0.2) is 42.7 Å². The van der Waals surface area contributed by atoms with Gasteiger partial charge in [-0.3, -0.25) is 10.8 Å². The Balaban J connectivity index is 2.35. The smallest absolute Gasteiger partial charge is 0.406 e. The first-order valence-corrected chi connectivity index (χ1v) is 6.13. The van der Waals surface area contributed by atoms with E-state index in [9.17, 15) is 13.2 Å². The van der Waals surface area contributed by atoms with Gasteiger partial charge >= 0.3 is 6.36 Å². The number of nitrogens with zero attached hydrogens (tertiary/aromatic N) is 1. The molecule has 1 aromatic carbocycles. The van der Waals surface area contributed by atoms with Crippen molar-refractivity contribution in [2.75, 3.05) is 0 Å². The number of nitrogens with one attached hydrogen (secondary N) is 1. The Bertz CT molecular complexity index is 616. The summed E-state index contributed by atoms with van der Waals surface area (Å²) >= 11 is 0. The molecule has 21 heavy (non-hydrogen) atoms. The Hall–Kier alpha value is -2.12. The molecule has 2 aromatic rings. The van der Waals surface area contributed by atoms with Crippen molar-refractivity contribution in [2.45, 2.75) is 19.3 Å². The molecule has 0 spiro atoms. The molecule has 112 valence electrons. The lowest BCUT2D eigenvalue weighted by atomic mass is 9.97. The quantitative estimate of drug-likeness (QED) is 0.673. The van der Waals surface area contributed by atoms with Gasteiger partial charge in [0.15, 0.2) is 0 Å². The minimum absolute atomic E-state index is 0.290. The van der Waals surface area contributed by atoms with Crippen LogP contribution in [0.25, 0.3) is 0 Å². The lowest BCUT2D eigenvalue weighted by Gasteiger charge is -2.19. The van der Waals surface area contributed by atoms with Crippen LogP contribution in [-0.4, -0.2) is 11.3 Å². The zero-order valence-corrected chi connectivity index (χ0v) is 11.2. The molecule has 0 fully saturated rings. The van der Waals surface area contributed by atoms with Crippen LogP contribution in [0.4, 0.5) is 13.2 Å². The number of hydrogen-bond acceptors (Lipinski definition) is 4. The molecule has 0 aliphatic heterocycles. The fraction of sp³-hybridized carbons (Fsp3) is 0.214. The fourth-order valence-corrected chi connectivity index (χ4v) is 2.04. The van der Waals surface area contributed by atoms with Crippen LogP contribution in [-0.2, 0) is 0 Å². The number of rotatable bonds is 4. The lowest BCUT2D eigenvalue weighted by molar-refractivity contribution is -0.274. The Labute approximate surface area is 119 Å². The maximum Gasteiger partial charge on any atom is 0.573 e. The number of hydrazine groups is 1. The summed E-state index contributed by atoms with van der Waals surface area (Å²) < 4.78 is 40.7. The molecular formula is C14H14F3N3O. The third-order valence-corrected chi connectivity index (χ3v) is 2.98. The van der Waals surface area contributed by atoms with Crippen molar-refractivity contribution in [3.63, 3.8) is 0 Å². The second-order valence-electron chi connectivity index (χ2n) is 4.45. The van der Waals surface area contributed by atoms with Crippen molar-refractivity contribution in [1.29, 1.82) is 0 Å². The molecular weight excluding hydrogens is 283 g/mol. The van der Waals surface area contributed by atoms with E-state index in [1.165, 1.54) is 18.2 Å². The standard InChI is InChI=1S/C14H14F3N3O/c1-9-5-6-19-8-12(9)13(20-18)10-3-2-4-11(7-10)21-14(15,16)17/h2-8,13,20H,18H2,1H3. The molecule has 1 atom stereocenters. The highest BCUT2D eigenvalue weighted by molar-refractivity contribution is 5.38. The van der Waals surface area contributed by atoms with Crippen LogP contribution >= 0.6 is 0 Å². The number of benzene rings is 1. The maximum atomic E-state index is 12.3. The maximum absolute atomic E-state index is 12.3. The zero-order chi connectivity index (χ0) is 15.5. The van der Waals surface area contributed by atoms with Gasteiger partial charge in [0.2, 0.25) is 0 Å². The van der Waals surface area contributed by atoms with Crippen LogP contribution < -0.4 is 16.0 Å². The average molecular weight is 297 g/mol. The highest BCUT2D eigenvalue weighted by atomic mass is 19.4. The van der Waals surface area contributed by atoms with Crippen LogP contribution in [0.1, 0.15) is 22.7 Å². The van der Waals surface area contributed by atoms with Gasteiger partial charge < -0.3 is 4.74 Å². The van der Waals surface area contributed by atoms with Crippen molar-refractivity contribution < 1.29 is 17.9 Å². The van der Waals surface area contributed by atoms with Gasteiger partial charge in [0, 0.05) is 12.4 Å². The van der Waals surface area contributed by atoms with Crippen LogP contribution in [0, 0.1) is 6.92 Å². The Morgan fingerprint density at radius 1 is 1.29 bits per heavy atom. The van der Waals surface area contributed by atoms with Gasteiger partial charge in [-0.2, -0.15) is 0 Å². The third-order valence-electron chi connectivity index (χ3n) is 2.98. The molecule has 0 saturated carbocycles. The molecule has 1 unspecified atom stereocenters. The molecule has 1 heterocycles. The van der Waals surface area contributed by atoms with Crippen LogP contribution in [0.2, 0.25) is 0 Å². The van der Waals surface area contributed by atoms with Crippen LogP contribution in [0.5, 0.6) is 5.75 Å². The Morgan fingerprint density at radius 3 is 2.67 bits per heavy atom. The highest BCUT2D eigenvalue weighted by Crippen LogP contribution is 2.28. The predicted octanol–water partition coefficient (Wildman–Crippen LogP) is 2.84. The van der Waals surface area contributed by atoms with Gasteiger partial charge in [0.05, 0.1) is 6.04 Å². The summed E-state index contributed by atoms with van der Waals surface area (Å²) in [6.07, 6.45) is -1.47.